The summed E-state index contributed by atoms with van der Waals surface area (Å²) in [6.07, 6.45) is 15.3. The second kappa shape index (κ2) is 138. The number of nitrogens with one attached hydrogen (secondary N) is 1. The number of rotatable bonds is 12. The molecule has 0 fully saturated rings. The summed E-state index contributed by atoms with van der Waals surface area (Å²) in [5.41, 5.74) is -0.405. The molecule has 0 aromatic rings. The van der Waals surface area contributed by atoms with E-state index in [-0.39, 0.29) is 57.2 Å². The molecule has 6 nitrogen and oxygen atoms in total. The molecule has 0 aliphatic heterocycles. The Kier molecular flexibility index (Phi) is 258. The number of aliphatic hydroxyl groups excluding tert-OH is 1. The van der Waals surface area contributed by atoms with Gasteiger partial charge >= 0.3 is 206 Å². The van der Waals surface area contributed by atoms with Crippen LogP contribution in [-0.2, 0) is 65.6 Å². The molecule has 58 heavy (non-hydrogen) atoms. The van der Waals surface area contributed by atoms with E-state index in [0.29, 0.717) is 51.9 Å². The molecule has 0 atom stereocenters. The van der Waals surface area contributed by atoms with Gasteiger partial charge in [-0.15, -0.1) is 0 Å². The van der Waals surface area contributed by atoms with Crippen molar-refractivity contribution in [2.75, 3.05) is 42.6 Å². The van der Waals surface area contributed by atoms with E-state index in [1.54, 1.807) is 18.9 Å². The summed E-state index contributed by atoms with van der Waals surface area (Å²) in [6.45, 7) is 28.6. The number of hydrogen-bond donors (Lipinski definition) is 2. The molecule has 0 unspecified atom stereocenters. The largest absolute Gasteiger partial charge is 0 e. The summed E-state index contributed by atoms with van der Waals surface area (Å²) in [5, 5.41) is 10.7. The number of hydrogen-bond acceptors (Lipinski definition) is 5. The molecule has 0 saturated carbocycles. The van der Waals surface area contributed by atoms with Gasteiger partial charge in [0.2, 0.25) is 0 Å². The molecule has 370 valence electrons. The van der Waals surface area contributed by atoms with Crippen molar-refractivity contribution in [3.05, 3.63) is 0 Å². The maximum atomic E-state index is 11.6. The number of aldehydes is 1. The maximum absolute atomic E-state index is 11.6. The number of carbonyl (C=O) groups is 2. The standard InChI is InChI=1S/C13H28N2O2.C5H12.2C4H10.C3H6O.2C2H5I.C2H6O.CH4.2I3.4HI.4V/c1-13(2,3)17-12(16)15(5)11-9-7-6-8-10-14-4;1-3-5-4-2;2*1-3-4-2;1-2-3-4;3*1-2-3;;2*1-3-2;;;;;;;;/h14H,6-11H2,1-5H3;3-5H2,1-2H3;2*3-4H2,1-2H3;3H,2H2,1H3;2*2H2,1H3;3H,2H2,1H3;1H4;;;4*1H;;;;/q;;;;;;;;;2*-1;;;;;;;2*+2/p-4. The minimum absolute atomic E-state index is 0. The fourth-order valence-corrected chi connectivity index (χ4v) is 1.79. The second-order valence-electron chi connectivity index (χ2n) is 10.4. The van der Waals surface area contributed by atoms with Crippen LogP contribution in [0.15, 0.2) is 0 Å². The van der Waals surface area contributed by atoms with E-state index in [0.717, 1.165) is 32.2 Å². The van der Waals surface area contributed by atoms with Crippen LogP contribution in [-0.4, -0.2) is 70.6 Å². The summed E-state index contributed by atoms with van der Waals surface area (Å²) < 4.78 is 7.71. The van der Waals surface area contributed by atoms with Crippen LogP contribution in [0.1, 0.15) is 174 Å². The van der Waals surface area contributed by atoms with Gasteiger partial charge < -0.3 is 24.9 Å². The van der Waals surface area contributed by atoms with Gasteiger partial charge in [0.1, 0.15) is 11.9 Å². The van der Waals surface area contributed by atoms with Crippen molar-refractivity contribution in [1.29, 1.82) is 0 Å². The number of ether oxygens (including phenoxy) is 1. The Morgan fingerprint density at radius 2 is 0.931 bits per heavy atom. The van der Waals surface area contributed by atoms with Crippen LogP contribution < -0.4 is 31.8 Å². The first kappa shape index (κ1) is 109. The first-order valence-corrected chi connectivity index (χ1v) is 64.5. The number of carbonyl (C=O) groups excluding carboxylic acids is 2. The minimum atomic E-state index is -0.405. The SMILES string of the molecule is C.CCC=O.CCCC.CCCC.CCCCC.CCI.CCI.CCO.CNCCCCCCN(C)C(=O)OC(C)(C)C.I[I-]I.I[I-]I.[I][V][I].[I][V][I].[V].[V]. The van der Waals surface area contributed by atoms with Crippen LogP contribution in [0, 0.1) is 0 Å². The summed E-state index contributed by atoms with van der Waals surface area (Å²) in [4.78, 5) is 22.4. The third kappa shape index (κ3) is 273. The summed E-state index contributed by atoms with van der Waals surface area (Å²) in [5.74, 6) is 0. The molecule has 0 aliphatic rings. The first-order valence-electron chi connectivity index (χ1n) is 18.3. The van der Waals surface area contributed by atoms with E-state index >= 15 is 0 Å². The van der Waals surface area contributed by atoms with Crippen molar-refractivity contribution in [2.45, 2.75) is 180 Å². The third-order valence-electron chi connectivity index (χ3n) is 4.25. The van der Waals surface area contributed by atoms with Crippen molar-refractivity contribution < 1.29 is 102 Å². The van der Waals surface area contributed by atoms with Gasteiger partial charge in [0.15, 0.2) is 0 Å². The van der Waals surface area contributed by atoms with E-state index in [4.69, 9.17) is 9.84 Å². The van der Waals surface area contributed by atoms with Gasteiger partial charge in [0.05, 0.1) is 0 Å². The average Bonchev–Trinajstić information content (AvgIpc) is 3.12. The first-order chi connectivity index (χ1) is 25.9. The molecule has 0 aromatic heterocycles. The predicted octanol–water partition coefficient (Wildman–Crippen LogP) is 13.6. The number of nitrogens with zero attached hydrogens (tertiary/aromatic N) is 1. The van der Waals surface area contributed by atoms with Gasteiger partial charge in [-0.1, -0.05) is 173 Å². The zero-order chi connectivity index (χ0) is 46.6. The number of alkyl halides is 2. The van der Waals surface area contributed by atoms with Crippen molar-refractivity contribution in [1.82, 2.24) is 10.2 Å². The number of aliphatic hydroxyl groups is 1. The molecule has 0 saturated heterocycles. The van der Waals surface area contributed by atoms with Crippen LogP contribution in [0.4, 0.5) is 4.79 Å². The van der Waals surface area contributed by atoms with Crippen LogP contribution >= 0.6 is 200 Å². The van der Waals surface area contributed by atoms with Crippen LogP contribution in [0.25, 0.3) is 0 Å². The van der Waals surface area contributed by atoms with Gasteiger partial charge in [0, 0.05) is 63.7 Å². The Hall–Kier alpha value is 9.96. The maximum Gasteiger partial charge on any atom is 0 e. The summed E-state index contributed by atoms with van der Waals surface area (Å²) >= 11 is 24.7. The molecule has 22 heteroatoms. The monoisotopic (exact) mass is 2340 g/mol. The Labute approximate surface area is 534 Å². The van der Waals surface area contributed by atoms with Gasteiger partial charge in [-0.05, 0) is 63.0 Å². The van der Waals surface area contributed by atoms with Gasteiger partial charge in [0.25, 0.3) is 0 Å². The number of amides is 1. The molecular weight excluding hydrogens is 2250 g/mol. The van der Waals surface area contributed by atoms with E-state index in [1.165, 1.54) is 66.6 Å². The van der Waals surface area contributed by atoms with E-state index in [2.05, 4.69) is 260 Å². The van der Waals surface area contributed by atoms with Crippen LogP contribution in [0.3, 0.4) is 0 Å². The van der Waals surface area contributed by atoms with Crippen molar-refractivity contribution >= 4 is 212 Å². The molecule has 0 aliphatic carbocycles. The third-order valence-corrected chi connectivity index (χ3v) is 4.25. The average molecular weight is 2340 g/mol. The predicted molar refractivity (Wildman–Crippen MR) is 335 cm³/mol. The summed E-state index contributed by atoms with van der Waals surface area (Å²) in [7, 11) is 5.02. The summed E-state index contributed by atoms with van der Waals surface area (Å²) in [6, 6.07) is 0. The van der Waals surface area contributed by atoms with E-state index in [1.807, 2.05) is 34.7 Å². The molecule has 0 aromatic carbocycles. The fraction of sp³-hybridized carbons (Fsp3) is 0.944. The molecule has 0 spiro atoms. The molecule has 2 N–H and O–H groups in total. The normalized spacial score (nSPS) is 7.69. The molecule has 0 rings (SSSR count). The Balaban J connectivity index is -0.0000000293. The Morgan fingerprint density at radius 3 is 1.09 bits per heavy atom. The quantitative estimate of drug-likeness (QED) is 0.0881. The minimum Gasteiger partial charge on any atom is 0 e. The van der Waals surface area contributed by atoms with Crippen molar-refractivity contribution in [2.24, 2.45) is 0 Å². The van der Waals surface area contributed by atoms with Crippen molar-refractivity contribution in [3.8, 4) is 0 Å². The topological polar surface area (TPSA) is 78.9 Å². The Morgan fingerprint density at radius 1 is 0.690 bits per heavy atom. The zero-order valence-corrected chi connectivity index (χ0v) is 69.0. The molecule has 1 amide bonds. The van der Waals surface area contributed by atoms with Crippen LogP contribution in [0.2, 0.25) is 0 Å². The van der Waals surface area contributed by atoms with Gasteiger partial charge in [-0.3, -0.25) is 0 Å². The molecule has 2 radical (unpaired) electrons. The van der Waals surface area contributed by atoms with Gasteiger partial charge in [-0.2, -0.15) is 0 Å². The van der Waals surface area contributed by atoms with Gasteiger partial charge in [-0.25, -0.2) is 4.79 Å². The molecule has 0 bridgehead atoms. The smallest absolute Gasteiger partial charge is 0 e. The zero-order valence-electron chi connectivity index (χ0n) is 37.5. The second-order valence-corrected chi connectivity index (χ2v) is 69.6. The fourth-order valence-electron chi connectivity index (χ4n) is 1.79. The molecule has 0 heterocycles. The van der Waals surface area contributed by atoms with Crippen LogP contribution in [0.5, 0.6) is 0 Å². The van der Waals surface area contributed by atoms with E-state index < -0.39 is 5.60 Å². The number of halogens is 12. The Bertz CT molecular complexity index is 487. The number of unbranched alkanes of at least 4 members (excludes halogenated alkanes) is 7. The van der Waals surface area contributed by atoms with Crippen molar-refractivity contribution in [3.63, 3.8) is 0 Å². The van der Waals surface area contributed by atoms with E-state index in [9.17, 15) is 9.59 Å². The molecular formula is C36H86I12N2O4V4-2.